The lowest BCUT2D eigenvalue weighted by atomic mass is 10.2. The molecule has 0 radical (unpaired) electrons. The van der Waals surface area contributed by atoms with E-state index in [1.54, 1.807) is 13.2 Å². The van der Waals surface area contributed by atoms with Crippen LogP contribution in [0.1, 0.15) is 30.2 Å². The Morgan fingerprint density at radius 2 is 2.22 bits per heavy atom. The fourth-order valence-electron chi connectivity index (χ4n) is 1.77. The Balaban J connectivity index is 2.59. The predicted octanol–water partition coefficient (Wildman–Crippen LogP) is 2.08. The Labute approximate surface area is 107 Å². The van der Waals surface area contributed by atoms with Crippen molar-refractivity contribution in [2.75, 3.05) is 26.8 Å². The lowest BCUT2D eigenvalue weighted by Crippen LogP contribution is -2.30. The molecule has 18 heavy (non-hydrogen) atoms. The van der Waals surface area contributed by atoms with Crippen LogP contribution < -0.4 is 0 Å². The number of furan rings is 1. The maximum atomic E-state index is 10.7. The summed E-state index contributed by atoms with van der Waals surface area (Å²) in [5.41, 5.74) is 0. The van der Waals surface area contributed by atoms with Gasteiger partial charge in [-0.3, -0.25) is 4.90 Å². The zero-order chi connectivity index (χ0) is 13.5. The van der Waals surface area contributed by atoms with Crippen molar-refractivity contribution < 1.29 is 19.1 Å². The minimum atomic E-state index is -1.03. The van der Waals surface area contributed by atoms with Gasteiger partial charge in [0.1, 0.15) is 5.76 Å². The zero-order valence-corrected chi connectivity index (χ0v) is 11.2. The molecule has 0 aliphatic rings. The minimum absolute atomic E-state index is 0.0127. The molecule has 0 spiro atoms. The van der Waals surface area contributed by atoms with E-state index in [-0.39, 0.29) is 5.76 Å². The van der Waals surface area contributed by atoms with Crippen LogP contribution in [0.4, 0.5) is 0 Å². The van der Waals surface area contributed by atoms with Gasteiger partial charge >= 0.3 is 5.97 Å². The molecule has 1 aromatic heterocycles. The average molecular weight is 255 g/mol. The van der Waals surface area contributed by atoms with E-state index in [0.717, 1.165) is 13.1 Å². The Bertz CT molecular complexity index is 373. The lowest BCUT2D eigenvalue weighted by Gasteiger charge is -2.22. The molecule has 1 heterocycles. The number of ether oxygens (including phenoxy) is 1. The van der Waals surface area contributed by atoms with Crippen LogP contribution >= 0.6 is 0 Å². The average Bonchev–Trinajstić information content (AvgIpc) is 2.73. The van der Waals surface area contributed by atoms with E-state index < -0.39 is 5.97 Å². The van der Waals surface area contributed by atoms with Gasteiger partial charge < -0.3 is 14.3 Å². The van der Waals surface area contributed by atoms with Gasteiger partial charge in [-0.1, -0.05) is 13.8 Å². The number of nitrogens with zero attached hydrogens (tertiary/aromatic N) is 1. The Morgan fingerprint density at radius 3 is 2.72 bits per heavy atom. The fraction of sp³-hybridized carbons (Fsp3) is 0.615. The van der Waals surface area contributed by atoms with Crippen molar-refractivity contribution in [2.45, 2.75) is 20.4 Å². The second-order valence-electron chi connectivity index (χ2n) is 4.69. The normalized spacial score (nSPS) is 11.4. The SMILES string of the molecule is COCCN(Cc1ccc(C(=O)O)o1)CC(C)C. The molecule has 0 aliphatic carbocycles. The zero-order valence-electron chi connectivity index (χ0n) is 11.2. The maximum Gasteiger partial charge on any atom is 0.371 e. The summed E-state index contributed by atoms with van der Waals surface area (Å²) in [6, 6.07) is 3.20. The second-order valence-corrected chi connectivity index (χ2v) is 4.69. The minimum Gasteiger partial charge on any atom is -0.475 e. The van der Waals surface area contributed by atoms with E-state index in [2.05, 4.69) is 18.7 Å². The number of carboxylic acids is 1. The van der Waals surface area contributed by atoms with E-state index in [1.165, 1.54) is 6.07 Å². The predicted molar refractivity (Wildman–Crippen MR) is 67.7 cm³/mol. The second kappa shape index (κ2) is 7.18. The summed E-state index contributed by atoms with van der Waals surface area (Å²) in [7, 11) is 1.67. The molecule has 0 unspecified atom stereocenters. The van der Waals surface area contributed by atoms with Crippen molar-refractivity contribution in [3.63, 3.8) is 0 Å². The molecule has 0 aromatic carbocycles. The van der Waals surface area contributed by atoms with E-state index in [1.807, 2.05) is 0 Å². The lowest BCUT2D eigenvalue weighted by molar-refractivity contribution is 0.0656. The third-order valence-corrected chi connectivity index (χ3v) is 2.49. The van der Waals surface area contributed by atoms with Gasteiger partial charge in [0.15, 0.2) is 0 Å². The monoisotopic (exact) mass is 255 g/mol. The summed E-state index contributed by atoms with van der Waals surface area (Å²) in [5.74, 6) is 0.162. The molecule has 0 aliphatic heterocycles. The fourth-order valence-corrected chi connectivity index (χ4v) is 1.77. The van der Waals surface area contributed by atoms with Gasteiger partial charge in [-0.05, 0) is 18.1 Å². The topological polar surface area (TPSA) is 62.9 Å². The number of methoxy groups -OCH3 is 1. The van der Waals surface area contributed by atoms with Crippen molar-refractivity contribution in [2.24, 2.45) is 5.92 Å². The van der Waals surface area contributed by atoms with Crippen LogP contribution in [0, 0.1) is 5.92 Å². The molecule has 102 valence electrons. The molecular weight excluding hydrogens is 234 g/mol. The third-order valence-electron chi connectivity index (χ3n) is 2.49. The van der Waals surface area contributed by atoms with Gasteiger partial charge in [0, 0.05) is 20.2 Å². The van der Waals surface area contributed by atoms with Gasteiger partial charge in [0.2, 0.25) is 5.76 Å². The summed E-state index contributed by atoms with van der Waals surface area (Å²) in [6.45, 7) is 7.27. The number of aromatic carboxylic acids is 1. The summed E-state index contributed by atoms with van der Waals surface area (Å²) < 4.78 is 10.3. The number of rotatable bonds is 8. The number of carbonyl (C=O) groups is 1. The molecule has 1 aromatic rings. The van der Waals surface area contributed by atoms with Gasteiger partial charge in [-0.2, -0.15) is 0 Å². The molecule has 0 bridgehead atoms. The van der Waals surface area contributed by atoms with Crippen molar-refractivity contribution >= 4 is 5.97 Å². The molecule has 1 rings (SSSR count). The van der Waals surface area contributed by atoms with Crippen LogP contribution in [0.25, 0.3) is 0 Å². The standard InChI is InChI=1S/C13H21NO4/c1-10(2)8-14(6-7-17-3)9-11-4-5-12(18-11)13(15)16/h4-5,10H,6-9H2,1-3H3,(H,15,16). The molecule has 0 atom stereocenters. The van der Waals surface area contributed by atoms with E-state index >= 15 is 0 Å². The molecule has 5 nitrogen and oxygen atoms in total. The Morgan fingerprint density at radius 1 is 1.50 bits per heavy atom. The first-order chi connectivity index (χ1) is 8.52. The van der Waals surface area contributed by atoms with E-state index in [4.69, 9.17) is 14.3 Å². The van der Waals surface area contributed by atoms with Crippen LogP contribution in [0.3, 0.4) is 0 Å². The molecule has 0 amide bonds. The molecular formula is C13H21NO4. The van der Waals surface area contributed by atoms with Crippen molar-refractivity contribution in [1.29, 1.82) is 0 Å². The largest absolute Gasteiger partial charge is 0.475 e. The van der Waals surface area contributed by atoms with Crippen LogP contribution in [0.2, 0.25) is 0 Å². The highest BCUT2D eigenvalue weighted by Crippen LogP contribution is 2.12. The summed E-state index contributed by atoms with van der Waals surface area (Å²) in [6.07, 6.45) is 0. The number of hydrogen-bond acceptors (Lipinski definition) is 4. The Kier molecular flexibility index (Phi) is 5.88. The van der Waals surface area contributed by atoms with E-state index in [9.17, 15) is 4.79 Å². The number of carboxylic acid groups (broad SMARTS) is 1. The molecule has 0 saturated heterocycles. The smallest absolute Gasteiger partial charge is 0.371 e. The van der Waals surface area contributed by atoms with E-state index in [0.29, 0.717) is 24.8 Å². The molecule has 0 saturated carbocycles. The van der Waals surface area contributed by atoms with Gasteiger partial charge in [-0.25, -0.2) is 4.79 Å². The summed E-state index contributed by atoms with van der Waals surface area (Å²) in [4.78, 5) is 12.9. The summed E-state index contributed by atoms with van der Waals surface area (Å²) in [5, 5.41) is 8.79. The van der Waals surface area contributed by atoms with Gasteiger partial charge in [-0.15, -0.1) is 0 Å². The maximum absolute atomic E-state index is 10.7. The van der Waals surface area contributed by atoms with Crippen molar-refractivity contribution in [3.05, 3.63) is 23.7 Å². The third kappa shape index (κ3) is 4.89. The number of hydrogen-bond donors (Lipinski definition) is 1. The molecule has 1 N–H and O–H groups in total. The first-order valence-corrected chi connectivity index (χ1v) is 6.06. The van der Waals surface area contributed by atoms with Gasteiger partial charge in [0.05, 0.1) is 13.2 Å². The molecule has 0 fully saturated rings. The highest BCUT2D eigenvalue weighted by atomic mass is 16.5. The first kappa shape index (κ1) is 14.7. The quantitative estimate of drug-likeness (QED) is 0.770. The highest BCUT2D eigenvalue weighted by Gasteiger charge is 2.13. The van der Waals surface area contributed by atoms with Crippen molar-refractivity contribution in [3.8, 4) is 0 Å². The van der Waals surface area contributed by atoms with Crippen LogP contribution in [0.5, 0.6) is 0 Å². The van der Waals surface area contributed by atoms with Crippen LogP contribution in [-0.4, -0.2) is 42.8 Å². The Hall–Kier alpha value is -1.33. The van der Waals surface area contributed by atoms with Crippen molar-refractivity contribution in [1.82, 2.24) is 4.90 Å². The van der Waals surface area contributed by atoms with Crippen LogP contribution in [-0.2, 0) is 11.3 Å². The van der Waals surface area contributed by atoms with Crippen LogP contribution in [0.15, 0.2) is 16.5 Å². The molecule has 5 heteroatoms. The summed E-state index contributed by atoms with van der Waals surface area (Å²) >= 11 is 0. The highest BCUT2D eigenvalue weighted by molar-refractivity contribution is 5.84. The first-order valence-electron chi connectivity index (χ1n) is 6.06. The van der Waals surface area contributed by atoms with Gasteiger partial charge in [0.25, 0.3) is 0 Å².